The number of piperidine rings is 1. The minimum absolute atomic E-state index is 0.554. The van der Waals surface area contributed by atoms with Crippen LogP contribution < -0.4 is 5.32 Å². The van der Waals surface area contributed by atoms with Crippen molar-refractivity contribution in [3.8, 4) is 0 Å². The van der Waals surface area contributed by atoms with Gasteiger partial charge in [0.25, 0.3) is 0 Å². The van der Waals surface area contributed by atoms with Crippen LogP contribution in [0.3, 0.4) is 0 Å². The number of nitrogens with zero attached hydrogens (tertiary/aromatic N) is 2. The summed E-state index contributed by atoms with van der Waals surface area (Å²) in [6.45, 7) is 4.33. The summed E-state index contributed by atoms with van der Waals surface area (Å²) in [5, 5.41) is 7.95. The number of hydrogen-bond acceptors (Lipinski definition) is 2. The van der Waals surface area contributed by atoms with Gasteiger partial charge in [-0.2, -0.15) is 5.10 Å². The Morgan fingerprint density at radius 1 is 1.21 bits per heavy atom. The molecule has 3 rings (SSSR count). The minimum Gasteiger partial charge on any atom is -0.316 e. The Labute approximate surface area is 114 Å². The van der Waals surface area contributed by atoms with Crippen LogP contribution in [0.15, 0.2) is 36.5 Å². The second-order valence-corrected chi connectivity index (χ2v) is 5.43. The van der Waals surface area contributed by atoms with E-state index in [2.05, 4.69) is 53.9 Å². The fourth-order valence-electron chi connectivity index (χ4n) is 3.16. The van der Waals surface area contributed by atoms with Crippen LogP contribution in [-0.4, -0.2) is 22.9 Å². The molecule has 0 bridgehead atoms. The quantitative estimate of drug-likeness (QED) is 0.894. The highest BCUT2D eigenvalue weighted by Gasteiger charge is 2.29. The Morgan fingerprint density at radius 3 is 2.68 bits per heavy atom. The number of nitrogens with one attached hydrogen (secondary N) is 1. The van der Waals surface area contributed by atoms with Gasteiger partial charge in [0.2, 0.25) is 0 Å². The fourth-order valence-corrected chi connectivity index (χ4v) is 3.16. The molecule has 19 heavy (non-hydrogen) atoms. The zero-order valence-electron chi connectivity index (χ0n) is 11.6. The molecule has 2 atom stereocenters. The maximum atomic E-state index is 4.42. The maximum Gasteiger partial charge on any atom is 0.0527 e. The molecule has 1 aromatic heterocycles. The molecule has 0 saturated carbocycles. The van der Waals surface area contributed by atoms with E-state index in [1.165, 1.54) is 23.2 Å². The molecule has 1 aliphatic rings. The van der Waals surface area contributed by atoms with E-state index >= 15 is 0 Å². The topological polar surface area (TPSA) is 29.9 Å². The first-order valence-corrected chi connectivity index (χ1v) is 7.01. The van der Waals surface area contributed by atoms with Gasteiger partial charge >= 0.3 is 0 Å². The molecule has 0 amide bonds. The third kappa shape index (κ3) is 2.30. The maximum absolute atomic E-state index is 4.42. The Hall–Kier alpha value is -1.61. The van der Waals surface area contributed by atoms with E-state index in [1.54, 1.807) is 0 Å². The molecule has 0 aliphatic carbocycles. The van der Waals surface area contributed by atoms with Crippen LogP contribution in [0.25, 0.3) is 0 Å². The first kappa shape index (κ1) is 12.4. The van der Waals surface area contributed by atoms with Crippen LogP contribution >= 0.6 is 0 Å². The molecule has 1 N–H and O–H groups in total. The molecule has 2 unspecified atom stereocenters. The van der Waals surface area contributed by atoms with Crippen molar-refractivity contribution < 1.29 is 0 Å². The lowest BCUT2D eigenvalue weighted by molar-refractivity contribution is 0.403. The van der Waals surface area contributed by atoms with Gasteiger partial charge in [-0.15, -0.1) is 0 Å². The van der Waals surface area contributed by atoms with Crippen molar-refractivity contribution in [3.63, 3.8) is 0 Å². The van der Waals surface area contributed by atoms with Crippen molar-refractivity contribution in [1.29, 1.82) is 0 Å². The fraction of sp³-hybridized carbons (Fsp3) is 0.438. The Kier molecular flexibility index (Phi) is 3.38. The van der Waals surface area contributed by atoms with Gasteiger partial charge in [-0.05, 0) is 36.9 Å². The summed E-state index contributed by atoms with van der Waals surface area (Å²) in [7, 11) is 2.03. The third-order valence-corrected chi connectivity index (χ3v) is 4.38. The molecule has 0 spiro atoms. The SMILES string of the molecule is Cc1c(C2CCNCC2c2ccccc2)cnn1C. The summed E-state index contributed by atoms with van der Waals surface area (Å²) in [6, 6.07) is 10.9. The lowest BCUT2D eigenvalue weighted by atomic mass is 9.77. The standard InChI is InChI=1S/C16H21N3/c1-12-15(11-18-19(12)2)14-8-9-17-10-16(14)13-6-4-3-5-7-13/h3-7,11,14,16-17H,8-10H2,1-2H3. The second-order valence-electron chi connectivity index (χ2n) is 5.43. The molecule has 1 fully saturated rings. The van der Waals surface area contributed by atoms with E-state index in [0.717, 1.165) is 13.1 Å². The number of benzene rings is 1. The van der Waals surface area contributed by atoms with Crippen molar-refractivity contribution in [3.05, 3.63) is 53.3 Å². The van der Waals surface area contributed by atoms with Crippen LogP contribution in [0.5, 0.6) is 0 Å². The van der Waals surface area contributed by atoms with E-state index in [-0.39, 0.29) is 0 Å². The first-order valence-electron chi connectivity index (χ1n) is 7.01. The average Bonchev–Trinajstić information content (AvgIpc) is 2.80. The zero-order chi connectivity index (χ0) is 13.2. The predicted molar refractivity (Wildman–Crippen MR) is 77.4 cm³/mol. The summed E-state index contributed by atoms with van der Waals surface area (Å²) in [5.74, 6) is 1.13. The highest BCUT2D eigenvalue weighted by Crippen LogP contribution is 2.38. The van der Waals surface area contributed by atoms with Gasteiger partial charge in [-0.25, -0.2) is 0 Å². The molecular formula is C16H21N3. The van der Waals surface area contributed by atoms with Crippen LogP contribution in [0.2, 0.25) is 0 Å². The van der Waals surface area contributed by atoms with Crippen LogP contribution in [0.1, 0.15) is 35.1 Å². The Balaban J connectivity index is 1.96. The molecule has 1 aliphatic heterocycles. The lowest BCUT2D eigenvalue weighted by Gasteiger charge is -2.32. The predicted octanol–water partition coefficient (Wildman–Crippen LogP) is 2.59. The summed E-state index contributed by atoms with van der Waals surface area (Å²) in [4.78, 5) is 0. The van der Waals surface area contributed by atoms with E-state index < -0.39 is 0 Å². The summed E-state index contributed by atoms with van der Waals surface area (Å²) in [5.41, 5.74) is 4.15. The molecule has 3 heteroatoms. The van der Waals surface area contributed by atoms with Crippen LogP contribution in [0.4, 0.5) is 0 Å². The zero-order valence-corrected chi connectivity index (χ0v) is 11.6. The summed E-state index contributed by atoms with van der Waals surface area (Å²) < 4.78 is 1.99. The van der Waals surface area contributed by atoms with Crippen molar-refractivity contribution in [2.75, 3.05) is 13.1 Å². The van der Waals surface area contributed by atoms with Crippen LogP contribution in [0, 0.1) is 6.92 Å². The Morgan fingerprint density at radius 2 is 2.00 bits per heavy atom. The van der Waals surface area contributed by atoms with Gasteiger partial charge < -0.3 is 5.32 Å². The van der Waals surface area contributed by atoms with Crippen molar-refractivity contribution in [2.24, 2.45) is 7.05 Å². The number of aromatic nitrogens is 2. The molecule has 100 valence electrons. The van der Waals surface area contributed by atoms with E-state index in [1.807, 2.05) is 11.7 Å². The third-order valence-electron chi connectivity index (χ3n) is 4.38. The molecular weight excluding hydrogens is 234 g/mol. The average molecular weight is 255 g/mol. The van der Waals surface area contributed by atoms with Crippen molar-refractivity contribution in [2.45, 2.75) is 25.2 Å². The van der Waals surface area contributed by atoms with E-state index in [9.17, 15) is 0 Å². The van der Waals surface area contributed by atoms with Gasteiger partial charge in [0.05, 0.1) is 6.20 Å². The minimum atomic E-state index is 0.554. The highest BCUT2D eigenvalue weighted by atomic mass is 15.3. The van der Waals surface area contributed by atoms with Gasteiger partial charge in [0.15, 0.2) is 0 Å². The smallest absolute Gasteiger partial charge is 0.0527 e. The second kappa shape index (κ2) is 5.17. The number of hydrogen-bond donors (Lipinski definition) is 1. The number of rotatable bonds is 2. The largest absolute Gasteiger partial charge is 0.316 e. The molecule has 1 aromatic carbocycles. The van der Waals surface area contributed by atoms with Gasteiger partial charge in [-0.1, -0.05) is 30.3 Å². The highest BCUT2D eigenvalue weighted by molar-refractivity contribution is 5.31. The molecule has 2 aromatic rings. The molecule has 2 heterocycles. The first-order chi connectivity index (χ1) is 9.27. The summed E-state index contributed by atoms with van der Waals surface area (Å²) >= 11 is 0. The normalized spacial score (nSPS) is 23.5. The Bertz CT molecular complexity index is 544. The van der Waals surface area contributed by atoms with E-state index in [4.69, 9.17) is 0 Å². The van der Waals surface area contributed by atoms with Gasteiger partial charge in [0.1, 0.15) is 0 Å². The van der Waals surface area contributed by atoms with E-state index in [0.29, 0.717) is 11.8 Å². The molecule has 0 radical (unpaired) electrons. The van der Waals surface area contributed by atoms with Crippen LogP contribution in [-0.2, 0) is 7.05 Å². The monoisotopic (exact) mass is 255 g/mol. The molecule has 3 nitrogen and oxygen atoms in total. The number of aryl methyl sites for hydroxylation is 1. The van der Waals surface area contributed by atoms with Gasteiger partial charge in [-0.3, -0.25) is 4.68 Å². The summed E-state index contributed by atoms with van der Waals surface area (Å²) in [6.07, 6.45) is 3.24. The molecule has 1 saturated heterocycles. The van der Waals surface area contributed by atoms with Gasteiger partial charge in [0, 0.05) is 25.2 Å². The van der Waals surface area contributed by atoms with Crippen molar-refractivity contribution >= 4 is 0 Å². The lowest BCUT2D eigenvalue weighted by Crippen LogP contribution is -2.34. The van der Waals surface area contributed by atoms with Crippen molar-refractivity contribution in [1.82, 2.24) is 15.1 Å².